The molecule has 1 heterocycles. The first-order valence-electron chi connectivity index (χ1n) is 5.56. The second-order valence-electron chi connectivity index (χ2n) is 4.02. The smallest absolute Gasteiger partial charge is 0.231 e. The third kappa shape index (κ3) is 2.45. The maximum Gasteiger partial charge on any atom is 0.231 e. The van der Waals surface area contributed by atoms with Crippen molar-refractivity contribution in [3.63, 3.8) is 0 Å². The topological polar surface area (TPSA) is 73.9 Å². The molecule has 17 heavy (non-hydrogen) atoms. The number of ether oxygens (including phenoxy) is 3. The summed E-state index contributed by atoms with van der Waals surface area (Å²) < 4.78 is 15.9. The molecule has 2 rings (SSSR count). The number of nitrogens with two attached hydrogens (primary N) is 1. The van der Waals surface area contributed by atoms with Crippen molar-refractivity contribution in [1.29, 1.82) is 0 Å². The third-order valence-electron chi connectivity index (χ3n) is 2.83. The monoisotopic (exact) mass is 239 g/mol. The van der Waals surface area contributed by atoms with E-state index in [1.807, 2.05) is 12.1 Å². The van der Waals surface area contributed by atoms with Crippen molar-refractivity contribution >= 4 is 0 Å². The third-order valence-corrected chi connectivity index (χ3v) is 2.83. The van der Waals surface area contributed by atoms with E-state index in [2.05, 4.69) is 0 Å². The largest absolute Gasteiger partial charge is 0.493 e. The number of methoxy groups -OCH3 is 1. The standard InChI is InChI=1S/C12H17NO4/c1-15-10-3-8(2-9(5-13)6-14)4-11-12(10)17-7-16-11/h3-4,9,14H,2,5-7,13H2,1H3. The zero-order valence-electron chi connectivity index (χ0n) is 9.81. The number of rotatable bonds is 5. The number of hydrogen-bond acceptors (Lipinski definition) is 5. The zero-order valence-corrected chi connectivity index (χ0v) is 9.81. The molecule has 1 atom stereocenters. The molecule has 0 radical (unpaired) electrons. The Hall–Kier alpha value is -1.46. The van der Waals surface area contributed by atoms with E-state index < -0.39 is 0 Å². The molecule has 0 fully saturated rings. The summed E-state index contributed by atoms with van der Waals surface area (Å²) in [6.45, 7) is 0.746. The zero-order chi connectivity index (χ0) is 12.3. The highest BCUT2D eigenvalue weighted by Crippen LogP contribution is 2.42. The molecule has 0 saturated carbocycles. The molecule has 0 aromatic heterocycles. The second kappa shape index (κ2) is 5.25. The van der Waals surface area contributed by atoms with Crippen molar-refractivity contribution in [2.24, 2.45) is 11.7 Å². The predicted molar refractivity (Wildman–Crippen MR) is 62.5 cm³/mol. The molecule has 0 spiro atoms. The van der Waals surface area contributed by atoms with Crippen LogP contribution in [0.3, 0.4) is 0 Å². The molecule has 5 nitrogen and oxygen atoms in total. The number of benzene rings is 1. The Bertz CT molecular complexity index is 390. The summed E-state index contributed by atoms with van der Waals surface area (Å²) in [5, 5.41) is 9.14. The summed E-state index contributed by atoms with van der Waals surface area (Å²) in [4.78, 5) is 0. The van der Waals surface area contributed by atoms with Gasteiger partial charge < -0.3 is 25.1 Å². The minimum atomic E-state index is 0.0556. The fraction of sp³-hybridized carbons (Fsp3) is 0.500. The van der Waals surface area contributed by atoms with Gasteiger partial charge in [-0.2, -0.15) is 0 Å². The molecule has 1 aliphatic rings. The van der Waals surface area contributed by atoms with Crippen LogP contribution in [-0.2, 0) is 6.42 Å². The molecular weight excluding hydrogens is 222 g/mol. The first kappa shape index (κ1) is 12.0. The molecular formula is C12H17NO4. The maximum absolute atomic E-state index is 9.14. The Balaban J connectivity index is 2.24. The predicted octanol–water partition coefficient (Wildman–Crippen LogP) is 0.534. The van der Waals surface area contributed by atoms with Crippen LogP contribution < -0.4 is 19.9 Å². The summed E-state index contributed by atoms with van der Waals surface area (Å²) in [5.41, 5.74) is 6.59. The lowest BCUT2D eigenvalue weighted by atomic mass is 9.99. The Morgan fingerprint density at radius 2 is 2.29 bits per heavy atom. The molecule has 0 amide bonds. The quantitative estimate of drug-likeness (QED) is 0.784. The molecule has 1 aliphatic heterocycles. The van der Waals surface area contributed by atoms with E-state index in [4.69, 9.17) is 25.1 Å². The number of aliphatic hydroxyl groups is 1. The van der Waals surface area contributed by atoms with E-state index in [1.165, 1.54) is 0 Å². The van der Waals surface area contributed by atoms with Gasteiger partial charge in [-0.25, -0.2) is 0 Å². The van der Waals surface area contributed by atoms with Gasteiger partial charge in [0.25, 0.3) is 0 Å². The summed E-state index contributed by atoms with van der Waals surface area (Å²) in [6.07, 6.45) is 0.694. The highest BCUT2D eigenvalue weighted by Gasteiger charge is 2.20. The van der Waals surface area contributed by atoms with E-state index in [1.54, 1.807) is 7.11 Å². The fourth-order valence-corrected chi connectivity index (χ4v) is 1.86. The van der Waals surface area contributed by atoms with E-state index in [0.717, 1.165) is 5.56 Å². The summed E-state index contributed by atoms with van der Waals surface area (Å²) >= 11 is 0. The molecule has 1 unspecified atom stereocenters. The van der Waals surface area contributed by atoms with Crippen molar-refractivity contribution in [2.45, 2.75) is 6.42 Å². The summed E-state index contributed by atoms with van der Waals surface area (Å²) in [7, 11) is 1.59. The molecule has 0 saturated heterocycles. The minimum absolute atomic E-state index is 0.0556. The van der Waals surface area contributed by atoms with E-state index in [9.17, 15) is 0 Å². The van der Waals surface area contributed by atoms with Crippen molar-refractivity contribution in [2.75, 3.05) is 27.1 Å². The molecule has 5 heteroatoms. The highest BCUT2D eigenvalue weighted by atomic mass is 16.7. The van der Waals surface area contributed by atoms with Gasteiger partial charge in [-0.05, 0) is 36.6 Å². The normalized spacial score (nSPS) is 14.8. The van der Waals surface area contributed by atoms with E-state index >= 15 is 0 Å². The molecule has 1 aromatic carbocycles. The van der Waals surface area contributed by atoms with Crippen LogP contribution in [0.4, 0.5) is 0 Å². The average Bonchev–Trinajstić information content (AvgIpc) is 2.82. The molecule has 0 bridgehead atoms. The van der Waals surface area contributed by atoms with Crippen LogP contribution in [0.2, 0.25) is 0 Å². The van der Waals surface area contributed by atoms with Crippen molar-refractivity contribution in [1.82, 2.24) is 0 Å². The number of fused-ring (bicyclic) bond motifs is 1. The van der Waals surface area contributed by atoms with Gasteiger partial charge in [0.05, 0.1) is 7.11 Å². The van der Waals surface area contributed by atoms with Crippen LogP contribution in [-0.4, -0.2) is 32.2 Å². The molecule has 0 aliphatic carbocycles. The van der Waals surface area contributed by atoms with Gasteiger partial charge in [0.1, 0.15) is 0 Å². The average molecular weight is 239 g/mol. The lowest BCUT2D eigenvalue weighted by Crippen LogP contribution is -2.20. The van der Waals surface area contributed by atoms with Crippen molar-refractivity contribution in [3.8, 4) is 17.2 Å². The highest BCUT2D eigenvalue weighted by molar-refractivity contribution is 5.55. The molecule has 3 N–H and O–H groups in total. The van der Waals surface area contributed by atoms with Gasteiger partial charge in [0.2, 0.25) is 12.5 Å². The van der Waals surface area contributed by atoms with Gasteiger partial charge in [-0.1, -0.05) is 0 Å². The Morgan fingerprint density at radius 1 is 1.47 bits per heavy atom. The SMILES string of the molecule is COc1cc(CC(CN)CO)cc2c1OCO2. The van der Waals surface area contributed by atoms with E-state index in [0.29, 0.717) is 30.2 Å². The van der Waals surface area contributed by atoms with Crippen LogP contribution in [0.15, 0.2) is 12.1 Å². The van der Waals surface area contributed by atoms with Gasteiger partial charge in [0.15, 0.2) is 11.5 Å². The van der Waals surface area contributed by atoms with Crippen molar-refractivity contribution in [3.05, 3.63) is 17.7 Å². The van der Waals surface area contributed by atoms with Gasteiger partial charge in [0, 0.05) is 6.61 Å². The number of aliphatic hydroxyl groups excluding tert-OH is 1. The first-order chi connectivity index (χ1) is 8.28. The lowest BCUT2D eigenvalue weighted by molar-refractivity contribution is 0.171. The molecule has 94 valence electrons. The van der Waals surface area contributed by atoms with Crippen LogP contribution in [0, 0.1) is 5.92 Å². The second-order valence-corrected chi connectivity index (χ2v) is 4.02. The van der Waals surface area contributed by atoms with Gasteiger partial charge in [-0.15, -0.1) is 0 Å². The van der Waals surface area contributed by atoms with Crippen LogP contribution >= 0.6 is 0 Å². The van der Waals surface area contributed by atoms with Gasteiger partial charge >= 0.3 is 0 Å². The summed E-state index contributed by atoms with van der Waals surface area (Å²) in [6, 6.07) is 3.80. The Labute approximate surface area is 100 Å². The van der Waals surface area contributed by atoms with Crippen LogP contribution in [0.5, 0.6) is 17.2 Å². The Kier molecular flexibility index (Phi) is 3.71. The van der Waals surface area contributed by atoms with Crippen LogP contribution in [0.1, 0.15) is 5.56 Å². The van der Waals surface area contributed by atoms with Crippen LogP contribution in [0.25, 0.3) is 0 Å². The lowest BCUT2D eigenvalue weighted by Gasteiger charge is -2.13. The fourth-order valence-electron chi connectivity index (χ4n) is 1.86. The minimum Gasteiger partial charge on any atom is -0.493 e. The number of hydrogen-bond donors (Lipinski definition) is 2. The van der Waals surface area contributed by atoms with Crippen molar-refractivity contribution < 1.29 is 19.3 Å². The first-order valence-corrected chi connectivity index (χ1v) is 5.56. The van der Waals surface area contributed by atoms with Gasteiger partial charge in [-0.3, -0.25) is 0 Å². The summed E-state index contributed by atoms with van der Waals surface area (Å²) in [5.74, 6) is 2.04. The molecule has 1 aromatic rings. The van der Waals surface area contributed by atoms with E-state index in [-0.39, 0.29) is 19.3 Å². The Morgan fingerprint density at radius 3 is 2.94 bits per heavy atom. The maximum atomic E-state index is 9.14.